The van der Waals surface area contributed by atoms with Crippen molar-refractivity contribution in [2.24, 2.45) is 0 Å². The maximum atomic E-state index is 12.9. The van der Waals surface area contributed by atoms with E-state index in [2.05, 4.69) is 10.3 Å². The number of benzene rings is 1. The summed E-state index contributed by atoms with van der Waals surface area (Å²) in [5, 5.41) is 4.19. The maximum Gasteiger partial charge on any atom is 0.272 e. The number of aromatic nitrogens is 2. The molecule has 0 unspecified atom stereocenters. The summed E-state index contributed by atoms with van der Waals surface area (Å²) in [5.74, 6) is 0.0813. The molecular formula is C21H25N3O2S2. The van der Waals surface area contributed by atoms with Gasteiger partial charge in [-0.05, 0) is 37.5 Å². The summed E-state index contributed by atoms with van der Waals surface area (Å²) in [6.07, 6.45) is 8.13. The van der Waals surface area contributed by atoms with Crippen molar-refractivity contribution in [2.45, 2.75) is 64.0 Å². The average Bonchev–Trinajstić information content (AvgIpc) is 2.86. The van der Waals surface area contributed by atoms with Gasteiger partial charge in [0.25, 0.3) is 5.56 Å². The number of thiophene rings is 1. The molecule has 1 aliphatic rings. The molecule has 0 atom stereocenters. The lowest BCUT2D eigenvalue weighted by atomic mass is 10.1. The smallest absolute Gasteiger partial charge is 0.272 e. The zero-order chi connectivity index (χ0) is 19.5. The summed E-state index contributed by atoms with van der Waals surface area (Å²) >= 11 is 6.92. The highest BCUT2D eigenvalue weighted by Gasteiger charge is 2.15. The fraction of sp³-hybridized carbons (Fsp3) is 0.476. The lowest BCUT2D eigenvalue weighted by Crippen LogP contribution is -2.34. The van der Waals surface area contributed by atoms with Crippen LogP contribution in [0.2, 0.25) is 0 Å². The monoisotopic (exact) mass is 415 g/mol. The Morgan fingerprint density at radius 1 is 1.21 bits per heavy atom. The topological polar surface area (TPSA) is 66.9 Å². The van der Waals surface area contributed by atoms with Crippen LogP contribution in [-0.4, -0.2) is 21.5 Å². The number of carbonyl (C=O) groups is 1. The van der Waals surface area contributed by atoms with Gasteiger partial charge in [0.05, 0.1) is 5.52 Å². The SMILES string of the molecule is O=C(CCCn1c(=S)[nH]c2c(sc3ccccc32)c1=O)NC1CCCCCC1. The Morgan fingerprint density at radius 3 is 2.75 bits per heavy atom. The number of nitrogens with one attached hydrogen (secondary N) is 2. The third-order valence-electron chi connectivity index (χ3n) is 5.52. The van der Waals surface area contributed by atoms with Gasteiger partial charge in [-0.25, -0.2) is 0 Å². The molecule has 4 rings (SSSR count). The minimum absolute atomic E-state index is 0.0656. The van der Waals surface area contributed by atoms with Crippen LogP contribution < -0.4 is 10.9 Å². The number of H-pyrrole nitrogens is 1. The standard InChI is InChI=1S/C21H25N3O2S2/c25-17(22-14-8-3-1-2-4-9-14)12-7-13-24-20(26)19-18(23-21(24)27)15-10-5-6-11-16(15)28-19/h5-6,10-11,14H,1-4,7-9,12-13H2,(H,22,25)(H,23,27). The average molecular weight is 416 g/mol. The quantitative estimate of drug-likeness (QED) is 0.460. The first-order chi connectivity index (χ1) is 13.6. The second kappa shape index (κ2) is 8.57. The van der Waals surface area contributed by atoms with Crippen molar-refractivity contribution in [1.82, 2.24) is 14.9 Å². The number of aromatic amines is 1. The van der Waals surface area contributed by atoms with E-state index in [1.165, 1.54) is 37.0 Å². The minimum atomic E-state index is -0.0656. The van der Waals surface area contributed by atoms with Crippen molar-refractivity contribution < 1.29 is 4.79 Å². The second-order valence-electron chi connectivity index (χ2n) is 7.55. The maximum absolute atomic E-state index is 12.9. The van der Waals surface area contributed by atoms with E-state index in [1.54, 1.807) is 4.57 Å². The van der Waals surface area contributed by atoms with Crippen LogP contribution in [0.25, 0.3) is 20.3 Å². The van der Waals surface area contributed by atoms with Gasteiger partial charge in [-0.1, -0.05) is 43.9 Å². The van der Waals surface area contributed by atoms with Gasteiger partial charge in [-0.3, -0.25) is 14.2 Å². The van der Waals surface area contributed by atoms with Crippen molar-refractivity contribution in [2.75, 3.05) is 0 Å². The van der Waals surface area contributed by atoms with Gasteiger partial charge in [0.2, 0.25) is 5.91 Å². The minimum Gasteiger partial charge on any atom is -0.353 e. The molecule has 2 N–H and O–H groups in total. The number of rotatable bonds is 5. The first kappa shape index (κ1) is 19.3. The van der Waals surface area contributed by atoms with Crippen molar-refractivity contribution >= 4 is 49.8 Å². The predicted molar refractivity (Wildman–Crippen MR) is 118 cm³/mol. The van der Waals surface area contributed by atoms with Gasteiger partial charge in [-0.2, -0.15) is 0 Å². The van der Waals surface area contributed by atoms with Crippen LogP contribution in [0.4, 0.5) is 0 Å². The molecule has 7 heteroatoms. The van der Waals surface area contributed by atoms with Gasteiger partial charge in [0, 0.05) is 29.1 Å². The molecule has 3 aromatic rings. The lowest BCUT2D eigenvalue weighted by Gasteiger charge is -2.16. The largest absolute Gasteiger partial charge is 0.353 e. The molecule has 1 saturated carbocycles. The molecule has 148 valence electrons. The molecule has 0 bridgehead atoms. The van der Waals surface area contributed by atoms with E-state index in [0.717, 1.165) is 28.4 Å². The van der Waals surface area contributed by atoms with Crippen LogP contribution in [-0.2, 0) is 11.3 Å². The Labute approximate surface area is 172 Å². The first-order valence-corrected chi connectivity index (χ1v) is 11.3. The molecule has 1 aliphatic carbocycles. The Morgan fingerprint density at radius 2 is 1.96 bits per heavy atom. The summed E-state index contributed by atoms with van der Waals surface area (Å²) in [4.78, 5) is 28.4. The molecule has 1 aromatic carbocycles. The molecule has 2 aromatic heterocycles. The Hall–Kier alpha value is -1.99. The number of carbonyl (C=O) groups excluding carboxylic acids is 1. The van der Waals surface area contributed by atoms with Gasteiger partial charge >= 0.3 is 0 Å². The number of amides is 1. The molecular weight excluding hydrogens is 390 g/mol. The molecule has 0 aliphatic heterocycles. The van der Waals surface area contributed by atoms with Crippen LogP contribution >= 0.6 is 23.6 Å². The van der Waals surface area contributed by atoms with E-state index in [1.807, 2.05) is 24.3 Å². The van der Waals surface area contributed by atoms with E-state index in [9.17, 15) is 9.59 Å². The summed E-state index contributed by atoms with van der Waals surface area (Å²) < 4.78 is 3.77. The highest BCUT2D eigenvalue weighted by Crippen LogP contribution is 2.29. The summed E-state index contributed by atoms with van der Waals surface area (Å²) in [6.45, 7) is 0.455. The molecule has 0 spiro atoms. The number of hydrogen-bond donors (Lipinski definition) is 2. The highest BCUT2D eigenvalue weighted by atomic mass is 32.1. The number of fused-ring (bicyclic) bond motifs is 3. The van der Waals surface area contributed by atoms with Crippen LogP contribution in [0, 0.1) is 4.77 Å². The summed E-state index contributed by atoms with van der Waals surface area (Å²) in [7, 11) is 0. The second-order valence-corrected chi connectivity index (χ2v) is 8.99. The lowest BCUT2D eigenvalue weighted by molar-refractivity contribution is -0.122. The molecule has 0 radical (unpaired) electrons. The van der Waals surface area contributed by atoms with Crippen LogP contribution in [0.1, 0.15) is 51.4 Å². The Kier molecular flexibility index (Phi) is 5.92. The van der Waals surface area contributed by atoms with Crippen molar-refractivity contribution in [3.63, 3.8) is 0 Å². The molecule has 0 saturated heterocycles. The van der Waals surface area contributed by atoms with Crippen molar-refractivity contribution in [1.29, 1.82) is 0 Å². The predicted octanol–water partition coefficient (Wildman–Crippen LogP) is 4.89. The van der Waals surface area contributed by atoms with Gasteiger partial charge in [-0.15, -0.1) is 11.3 Å². The van der Waals surface area contributed by atoms with Gasteiger partial charge in [0.15, 0.2) is 4.77 Å². The Bertz CT molecular complexity index is 1100. The zero-order valence-electron chi connectivity index (χ0n) is 15.8. The molecule has 1 amide bonds. The fourth-order valence-electron chi connectivity index (χ4n) is 4.03. The summed E-state index contributed by atoms with van der Waals surface area (Å²) in [6, 6.07) is 8.26. The van der Waals surface area contributed by atoms with Crippen LogP contribution in [0.3, 0.4) is 0 Å². The van der Waals surface area contributed by atoms with Crippen LogP contribution in [0.5, 0.6) is 0 Å². The van der Waals surface area contributed by atoms with Crippen molar-refractivity contribution in [3.8, 4) is 0 Å². The third-order valence-corrected chi connectivity index (χ3v) is 7.00. The molecule has 1 fully saturated rings. The normalized spacial score (nSPS) is 15.7. The molecule has 2 heterocycles. The number of nitrogens with zero attached hydrogens (tertiary/aromatic N) is 1. The van der Waals surface area contributed by atoms with Crippen molar-refractivity contribution in [3.05, 3.63) is 39.4 Å². The zero-order valence-corrected chi connectivity index (χ0v) is 17.5. The first-order valence-electron chi connectivity index (χ1n) is 10.1. The molecule has 5 nitrogen and oxygen atoms in total. The Balaban J connectivity index is 1.44. The number of hydrogen-bond acceptors (Lipinski definition) is 4. The highest BCUT2D eigenvalue weighted by molar-refractivity contribution is 7.71. The van der Waals surface area contributed by atoms with E-state index in [0.29, 0.717) is 34.9 Å². The van der Waals surface area contributed by atoms with Crippen LogP contribution in [0.15, 0.2) is 29.1 Å². The van der Waals surface area contributed by atoms with E-state index < -0.39 is 0 Å². The van der Waals surface area contributed by atoms with E-state index in [4.69, 9.17) is 12.2 Å². The third kappa shape index (κ3) is 4.05. The fourth-order valence-corrected chi connectivity index (χ4v) is 5.42. The molecule has 28 heavy (non-hydrogen) atoms. The van der Waals surface area contributed by atoms with E-state index in [-0.39, 0.29) is 11.5 Å². The summed E-state index contributed by atoms with van der Waals surface area (Å²) in [5.41, 5.74) is 0.752. The van der Waals surface area contributed by atoms with E-state index >= 15 is 0 Å². The van der Waals surface area contributed by atoms with Gasteiger partial charge in [0.1, 0.15) is 4.70 Å². The van der Waals surface area contributed by atoms with Gasteiger partial charge < -0.3 is 10.3 Å².